The highest BCUT2D eigenvalue weighted by Crippen LogP contribution is 2.23. The second kappa shape index (κ2) is 8.00. The SMILES string of the molecule is COc1ccc(NC(=O)CNCC2CCC(O)CC2)cc1. The Balaban J connectivity index is 1.65. The van der Waals surface area contributed by atoms with Crippen molar-refractivity contribution in [1.82, 2.24) is 5.32 Å². The van der Waals surface area contributed by atoms with Gasteiger partial charge >= 0.3 is 0 Å². The molecule has 3 N–H and O–H groups in total. The number of anilines is 1. The molecule has 1 aliphatic rings. The third-order valence-corrected chi connectivity index (χ3v) is 3.91. The highest BCUT2D eigenvalue weighted by molar-refractivity contribution is 5.92. The molecule has 0 unspecified atom stereocenters. The normalized spacial score (nSPS) is 21.8. The van der Waals surface area contributed by atoms with Crippen LogP contribution in [0.1, 0.15) is 25.7 Å². The molecule has 1 aliphatic carbocycles. The van der Waals surface area contributed by atoms with Crippen LogP contribution in [0.25, 0.3) is 0 Å². The lowest BCUT2D eigenvalue weighted by molar-refractivity contribution is -0.115. The van der Waals surface area contributed by atoms with E-state index in [1.54, 1.807) is 7.11 Å². The van der Waals surface area contributed by atoms with E-state index < -0.39 is 0 Å². The largest absolute Gasteiger partial charge is 0.497 e. The van der Waals surface area contributed by atoms with Crippen LogP contribution in [-0.2, 0) is 4.79 Å². The van der Waals surface area contributed by atoms with Gasteiger partial charge in [0.2, 0.25) is 5.91 Å². The highest BCUT2D eigenvalue weighted by Gasteiger charge is 2.18. The van der Waals surface area contributed by atoms with Gasteiger partial charge in [-0.3, -0.25) is 4.79 Å². The minimum Gasteiger partial charge on any atom is -0.497 e. The predicted molar refractivity (Wildman–Crippen MR) is 82.5 cm³/mol. The van der Waals surface area contributed by atoms with Crippen LogP contribution in [-0.4, -0.2) is 37.3 Å². The van der Waals surface area contributed by atoms with Gasteiger partial charge in [-0.15, -0.1) is 0 Å². The minimum atomic E-state index is -0.125. The maximum absolute atomic E-state index is 11.8. The molecule has 2 rings (SSSR count). The maximum atomic E-state index is 11.8. The lowest BCUT2D eigenvalue weighted by Gasteiger charge is -2.25. The molecule has 5 nitrogen and oxygen atoms in total. The third-order valence-electron chi connectivity index (χ3n) is 3.91. The van der Waals surface area contributed by atoms with Crippen LogP contribution in [0, 0.1) is 5.92 Å². The van der Waals surface area contributed by atoms with E-state index in [0.717, 1.165) is 43.7 Å². The first-order valence-corrected chi connectivity index (χ1v) is 7.50. The molecule has 0 atom stereocenters. The number of aliphatic hydroxyl groups excluding tert-OH is 1. The van der Waals surface area contributed by atoms with Gasteiger partial charge in [0.25, 0.3) is 0 Å². The summed E-state index contributed by atoms with van der Waals surface area (Å²) in [5.74, 6) is 1.30. The first-order valence-electron chi connectivity index (χ1n) is 7.50. The van der Waals surface area contributed by atoms with Gasteiger partial charge in [0, 0.05) is 5.69 Å². The smallest absolute Gasteiger partial charge is 0.238 e. The summed E-state index contributed by atoms with van der Waals surface area (Å²) in [6.07, 6.45) is 3.71. The highest BCUT2D eigenvalue weighted by atomic mass is 16.5. The number of nitrogens with one attached hydrogen (secondary N) is 2. The van der Waals surface area contributed by atoms with Crippen molar-refractivity contribution in [1.29, 1.82) is 0 Å². The number of carbonyl (C=O) groups excluding carboxylic acids is 1. The van der Waals surface area contributed by atoms with Gasteiger partial charge in [-0.25, -0.2) is 0 Å². The van der Waals surface area contributed by atoms with Crippen LogP contribution in [0.4, 0.5) is 5.69 Å². The molecular formula is C16H24N2O3. The molecule has 116 valence electrons. The fourth-order valence-corrected chi connectivity index (χ4v) is 2.62. The Labute approximate surface area is 125 Å². The average Bonchev–Trinajstić information content (AvgIpc) is 2.50. The maximum Gasteiger partial charge on any atom is 0.238 e. The Kier molecular flexibility index (Phi) is 6.02. The summed E-state index contributed by atoms with van der Waals surface area (Å²) >= 11 is 0. The summed E-state index contributed by atoms with van der Waals surface area (Å²) in [5.41, 5.74) is 0.767. The quantitative estimate of drug-likeness (QED) is 0.747. The Morgan fingerprint density at radius 1 is 1.24 bits per heavy atom. The predicted octanol–water partition coefficient (Wildman–Crippen LogP) is 1.77. The van der Waals surface area contributed by atoms with Gasteiger partial charge in [-0.2, -0.15) is 0 Å². The molecule has 0 aromatic heterocycles. The van der Waals surface area contributed by atoms with Crippen LogP contribution in [0.15, 0.2) is 24.3 Å². The standard InChI is InChI=1S/C16H24N2O3/c1-21-15-8-4-13(5-9-15)18-16(20)11-17-10-12-2-6-14(19)7-3-12/h4-5,8-9,12,14,17,19H,2-3,6-7,10-11H2,1H3,(H,18,20). The fraction of sp³-hybridized carbons (Fsp3) is 0.562. The molecule has 0 aliphatic heterocycles. The van der Waals surface area contributed by atoms with Crippen molar-refractivity contribution < 1.29 is 14.6 Å². The zero-order valence-corrected chi connectivity index (χ0v) is 12.5. The average molecular weight is 292 g/mol. The molecule has 1 aromatic carbocycles. The topological polar surface area (TPSA) is 70.6 Å². The number of carbonyl (C=O) groups is 1. The van der Waals surface area contributed by atoms with Crippen molar-refractivity contribution in [3.05, 3.63) is 24.3 Å². The molecule has 1 fully saturated rings. The monoisotopic (exact) mass is 292 g/mol. The molecule has 5 heteroatoms. The summed E-state index contributed by atoms with van der Waals surface area (Å²) in [6, 6.07) is 7.27. The first kappa shape index (κ1) is 15.8. The van der Waals surface area contributed by atoms with Crippen molar-refractivity contribution >= 4 is 11.6 Å². The summed E-state index contributed by atoms with van der Waals surface area (Å²) < 4.78 is 5.07. The van der Waals surface area contributed by atoms with Crippen molar-refractivity contribution in [2.24, 2.45) is 5.92 Å². The van der Waals surface area contributed by atoms with Gasteiger partial charge in [0.05, 0.1) is 19.8 Å². The number of rotatable bonds is 6. The van der Waals surface area contributed by atoms with Gasteiger partial charge < -0.3 is 20.5 Å². The number of benzene rings is 1. The van der Waals surface area contributed by atoms with E-state index >= 15 is 0 Å². The summed E-state index contributed by atoms with van der Waals surface area (Å²) in [6.45, 7) is 1.15. The second-order valence-electron chi connectivity index (χ2n) is 5.58. The fourth-order valence-electron chi connectivity index (χ4n) is 2.62. The van der Waals surface area contributed by atoms with Crippen LogP contribution in [0.3, 0.4) is 0 Å². The van der Waals surface area contributed by atoms with Crippen LogP contribution in [0.2, 0.25) is 0 Å². The molecular weight excluding hydrogens is 268 g/mol. The zero-order chi connectivity index (χ0) is 15.1. The van der Waals surface area contributed by atoms with E-state index in [1.807, 2.05) is 24.3 Å². The number of aliphatic hydroxyl groups is 1. The lowest BCUT2D eigenvalue weighted by atomic mass is 9.87. The van der Waals surface area contributed by atoms with Crippen molar-refractivity contribution in [2.45, 2.75) is 31.8 Å². The Morgan fingerprint density at radius 2 is 1.90 bits per heavy atom. The molecule has 0 heterocycles. The second-order valence-corrected chi connectivity index (χ2v) is 5.58. The van der Waals surface area contributed by atoms with E-state index in [2.05, 4.69) is 10.6 Å². The van der Waals surface area contributed by atoms with E-state index in [-0.39, 0.29) is 12.0 Å². The van der Waals surface area contributed by atoms with E-state index in [1.165, 1.54) is 0 Å². The van der Waals surface area contributed by atoms with E-state index in [9.17, 15) is 9.90 Å². The molecule has 0 bridgehead atoms. The number of hydrogen-bond donors (Lipinski definition) is 3. The van der Waals surface area contributed by atoms with Crippen molar-refractivity contribution in [3.8, 4) is 5.75 Å². The number of hydrogen-bond acceptors (Lipinski definition) is 4. The molecule has 1 saturated carbocycles. The van der Waals surface area contributed by atoms with Gasteiger partial charge in [-0.05, 0) is 62.4 Å². The first-order chi connectivity index (χ1) is 10.2. The molecule has 0 saturated heterocycles. The minimum absolute atomic E-state index is 0.0454. The van der Waals surface area contributed by atoms with Crippen molar-refractivity contribution in [3.63, 3.8) is 0 Å². The van der Waals surface area contributed by atoms with Gasteiger partial charge in [0.15, 0.2) is 0 Å². The number of ether oxygens (including phenoxy) is 1. The van der Waals surface area contributed by atoms with Crippen LogP contribution in [0.5, 0.6) is 5.75 Å². The Hall–Kier alpha value is -1.59. The van der Waals surface area contributed by atoms with Gasteiger partial charge in [-0.1, -0.05) is 0 Å². The number of methoxy groups -OCH3 is 1. The zero-order valence-electron chi connectivity index (χ0n) is 12.5. The van der Waals surface area contributed by atoms with Crippen molar-refractivity contribution in [2.75, 3.05) is 25.5 Å². The summed E-state index contributed by atoms with van der Waals surface area (Å²) in [4.78, 5) is 11.8. The summed E-state index contributed by atoms with van der Waals surface area (Å²) in [5, 5.41) is 15.5. The van der Waals surface area contributed by atoms with E-state index in [4.69, 9.17) is 4.74 Å². The molecule has 0 spiro atoms. The third kappa shape index (κ3) is 5.36. The Bertz CT molecular complexity index is 439. The molecule has 0 radical (unpaired) electrons. The molecule has 1 amide bonds. The van der Waals surface area contributed by atoms with E-state index in [0.29, 0.717) is 12.5 Å². The summed E-state index contributed by atoms with van der Waals surface area (Å²) in [7, 11) is 1.61. The van der Waals surface area contributed by atoms with Gasteiger partial charge in [0.1, 0.15) is 5.75 Å². The molecule has 1 aromatic rings. The van der Waals surface area contributed by atoms with Crippen LogP contribution >= 0.6 is 0 Å². The lowest BCUT2D eigenvalue weighted by Crippen LogP contribution is -2.33. The Morgan fingerprint density at radius 3 is 2.52 bits per heavy atom. The number of amides is 1. The molecule has 21 heavy (non-hydrogen) atoms. The van der Waals surface area contributed by atoms with Crippen LogP contribution < -0.4 is 15.4 Å².